The van der Waals surface area contributed by atoms with E-state index in [1.807, 2.05) is 42.5 Å². The third-order valence-electron chi connectivity index (χ3n) is 4.12. The minimum Gasteiger partial charge on any atom is -0.496 e. The van der Waals surface area contributed by atoms with E-state index < -0.39 is 6.03 Å². The molecule has 1 heterocycles. The number of amides is 1. The van der Waals surface area contributed by atoms with Crippen molar-refractivity contribution in [3.8, 4) is 17.0 Å². The van der Waals surface area contributed by atoms with Gasteiger partial charge < -0.3 is 10.5 Å². The number of hydrogen-bond acceptors (Lipinski definition) is 3. The van der Waals surface area contributed by atoms with E-state index in [4.69, 9.17) is 10.5 Å². The van der Waals surface area contributed by atoms with E-state index in [9.17, 15) is 4.79 Å². The zero-order valence-electron chi connectivity index (χ0n) is 13.1. The van der Waals surface area contributed by atoms with Gasteiger partial charge in [0.05, 0.1) is 18.0 Å². The number of carbonyl (C=O) groups is 1. The molecule has 118 valence electrons. The third-order valence-corrected chi connectivity index (χ3v) is 4.12. The summed E-state index contributed by atoms with van der Waals surface area (Å²) in [5.74, 6) is 0.656. The summed E-state index contributed by atoms with van der Waals surface area (Å²) in [6.45, 7) is 0. The maximum absolute atomic E-state index is 11.8. The normalized spacial score (nSPS) is 11.0. The zero-order chi connectivity index (χ0) is 16.7. The standard InChI is InChI=1S/C19H15N3O2/c1-24-16-8-4-7-15-17(16)18(21-22(15)19(20)23)14-10-9-12-5-2-3-6-13(12)11-14/h2-11H,1H3,(H2,20,23). The first-order valence-corrected chi connectivity index (χ1v) is 7.54. The Balaban J connectivity index is 2.06. The summed E-state index contributed by atoms with van der Waals surface area (Å²) in [6.07, 6.45) is 0. The van der Waals surface area contributed by atoms with Gasteiger partial charge in [-0.2, -0.15) is 9.78 Å². The van der Waals surface area contributed by atoms with Crippen LogP contribution in [0.15, 0.2) is 60.7 Å². The molecule has 3 aromatic carbocycles. The van der Waals surface area contributed by atoms with Crippen LogP contribution in [0.1, 0.15) is 0 Å². The van der Waals surface area contributed by atoms with E-state index in [1.165, 1.54) is 4.68 Å². The highest BCUT2D eigenvalue weighted by Gasteiger charge is 2.18. The molecule has 4 rings (SSSR count). The second-order valence-electron chi connectivity index (χ2n) is 5.51. The second kappa shape index (κ2) is 5.38. The van der Waals surface area contributed by atoms with Crippen molar-refractivity contribution in [3.63, 3.8) is 0 Å². The Bertz CT molecular complexity index is 1080. The number of methoxy groups -OCH3 is 1. The molecule has 5 nitrogen and oxygen atoms in total. The van der Waals surface area contributed by atoms with Crippen LogP contribution in [0.3, 0.4) is 0 Å². The van der Waals surface area contributed by atoms with Crippen LogP contribution in [0.2, 0.25) is 0 Å². The van der Waals surface area contributed by atoms with Crippen molar-refractivity contribution >= 4 is 27.7 Å². The molecule has 0 aliphatic carbocycles. The van der Waals surface area contributed by atoms with Gasteiger partial charge in [-0.05, 0) is 29.0 Å². The number of ether oxygens (including phenoxy) is 1. The van der Waals surface area contributed by atoms with Gasteiger partial charge in [0.15, 0.2) is 0 Å². The Labute approximate surface area is 138 Å². The van der Waals surface area contributed by atoms with Gasteiger partial charge in [0, 0.05) is 5.56 Å². The van der Waals surface area contributed by atoms with E-state index in [0.717, 1.165) is 21.7 Å². The monoisotopic (exact) mass is 317 g/mol. The molecule has 5 heteroatoms. The van der Waals surface area contributed by atoms with Crippen LogP contribution in [0.4, 0.5) is 4.79 Å². The largest absolute Gasteiger partial charge is 0.496 e. The van der Waals surface area contributed by atoms with Crippen LogP contribution < -0.4 is 10.5 Å². The lowest BCUT2D eigenvalue weighted by Gasteiger charge is -2.05. The second-order valence-corrected chi connectivity index (χ2v) is 5.51. The van der Waals surface area contributed by atoms with E-state index in [0.29, 0.717) is 17.0 Å². The van der Waals surface area contributed by atoms with Crippen LogP contribution in [0.25, 0.3) is 32.9 Å². The highest BCUT2D eigenvalue weighted by molar-refractivity contribution is 6.03. The Hall–Kier alpha value is -3.34. The summed E-state index contributed by atoms with van der Waals surface area (Å²) in [5, 5.41) is 7.46. The van der Waals surface area contributed by atoms with Crippen molar-refractivity contribution in [2.75, 3.05) is 7.11 Å². The summed E-state index contributed by atoms with van der Waals surface area (Å²) >= 11 is 0. The quantitative estimate of drug-likeness (QED) is 0.611. The molecule has 0 bridgehead atoms. The number of nitrogens with two attached hydrogens (primary N) is 1. The van der Waals surface area contributed by atoms with E-state index >= 15 is 0 Å². The third kappa shape index (κ3) is 2.10. The Morgan fingerprint density at radius 1 is 1.04 bits per heavy atom. The highest BCUT2D eigenvalue weighted by atomic mass is 16.5. The maximum atomic E-state index is 11.8. The van der Waals surface area contributed by atoms with Gasteiger partial charge in [-0.15, -0.1) is 0 Å². The van der Waals surface area contributed by atoms with Gasteiger partial charge in [-0.25, -0.2) is 4.79 Å². The van der Waals surface area contributed by atoms with Gasteiger partial charge >= 0.3 is 6.03 Å². The summed E-state index contributed by atoms with van der Waals surface area (Å²) in [4.78, 5) is 11.8. The van der Waals surface area contributed by atoms with Crippen LogP contribution in [-0.4, -0.2) is 22.9 Å². The van der Waals surface area contributed by atoms with Gasteiger partial charge in [0.25, 0.3) is 0 Å². The molecule has 0 radical (unpaired) electrons. The molecule has 2 N–H and O–H groups in total. The topological polar surface area (TPSA) is 70.1 Å². The molecule has 24 heavy (non-hydrogen) atoms. The van der Waals surface area contributed by atoms with Crippen molar-refractivity contribution < 1.29 is 9.53 Å². The van der Waals surface area contributed by atoms with E-state index in [-0.39, 0.29) is 0 Å². The number of fused-ring (bicyclic) bond motifs is 2. The Kier molecular flexibility index (Phi) is 3.20. The number of aromatic nitrogens is 2. The van der Waals surface area contributed by atoms with Crippen LogP contribution in [0, 0.1) is 0 Å². The minimum absolute atomic E-state index is 0.625. The van der Waals surface area contributed by atoms with Crippen molar-refractivity contribution in [3.05, 3.63) is 60.7 Å². The fourth-order valence-electron chi connectivity index (χ4n) is 3.01. The number of carbonyl (C=O) groups excluding carboxylic acids is 1. The number of benzene rings is 3. The average molecular weight is 317 g/mol. The first-order chi connectivity index (χ1) is 11.7. The van der Waals surface area contributed by atoms with Crippen LogP contribution >= 0.6 is 0 Å². The van der Waals surface area contributed by atoms with Crippen molar-refractivity contribution in [1.82, 2.24) is 9.78 Å². The summed E-state index contributed by atoms with van der Waals surface area (Å²) in [7, 11) is 1.60. The lowest BCUT2D eigenvalue weighted by molar-refractivity contribution is 0.248. The van der Waals surface area contributed by atoms with Crippen molar-refractivity contribution in [2.24, 2.45) is 5.73 Å². The van der Waals surface area contributed by atoms with Crippen molar-refractivity contribution in [1.29, 1.82) is 0 Å². The maximum Gasteiger partial charge on any atom is 0.340 e. The highest BCUT2D eigenvalue weighted by Crippen LogP contribution is 2.35. The lowest BCUT2D eigenvalue weighted by Crippen LogP contribution is -2.20. The fourth-order valence-corrected chi connectivity index (χ4v) is 3.01. The minimum atomic E-state index is -0.625. The number of nitrogens with zero attached hydrogens (tertiary/aromatic N) is 2. The number of hydrogen-bond donors (Lipinski definition) is 1. The molecule has 1 amide bonds. The van der Waals surface area contributed by atoms with E-state index in [1.54, 1.807) is 13.2 Å². The summed E-state index contributed by atoms with van der Waals surface area (Å²) in [5.41, 5.74) is 7.68. The molecule has 0 aliphatic rings. The van der Waals surface area contributed by atoms with Gasteiger partial charge in [0.1, 0.15) is 11.4 Å². The van der Waals surface area contributed by atoms with Gasteiger partial charge in [-0.3, -0.25) is 0 Å². The van der Waals surface area contributed by atoms with Crippen LogP contribution in [-0.2, 0) is 0 Å². The average Bonchev–Trinajstić information content (AvgIpc) is 3.01. The predicted octanol–water partition coefficient (Wildman–Crippen LogP) is 3.79. The molecule has 0 unspecified atom stereocenters. The molecule has 0 spiro atoms. The van der Waals surface area contributed by atoms with Gasteiger partial charge in [0.2, 0.25) is 0 Å². The molecule has 0 atom stereocenters. The molecule has 0 fully saturated rings. The van der Waals surface area contributed by atoms with Crippen molar-refractivity contribution in [2.45, 2.75) is 0 Å². The first-order valence-electron chi connectivity index (χ1n) is 7.54. The molecule has 0 saturated carbocycles. The fraction of sp³-hybridized carbons (Fsp3) is 0.0526. The molecule has 0 saturated heterocycles. The van der Waals surface area contributed by atoms with Crippen LogP contribution in [0.5, 0.6) is 5.75 Å². The molecular formula is C19H15N3O2. The Morgan fingerprint density at radius 3 is 2.58 bits per heavy atom. The lowest BCUT2D eigenvalue weighted by atomic mass is 10.0. The molecule has 0 aliphatic heterocycles. The zero-order valence-corrected chi connectivity index (χ0v) is 13.1. The van der Waals surface area contributed by atoms with E-state index in [2.05, 4.69) is 17.2 Å². The first kappa shape index (κ1) is 14.3. The number of rotatable bonds is 2. The SMILES string of the molecule is COc1cccc2c1c(-c1ccc3ccccc3c1)nn2C(N)=O. The molecular weight excluding hydrogens is 302 g/mol. The Morgan fingerprint density at radius 2 is 1.83 bits per heavy atom. The number of primary amides is 1. The smallest absolute Gasteiger partial charge is 0.340 e. The van der Waals surface area contributed by atoms with Gasteiger partial charge in [-0.1, -0.05) is 42.5 Å². The predicted molar refractivity (Wildman–Crippen MR) is 94.2 cm³/mol. The molecule has 4 aromatic rings. The summed E-state index contributed by atoms with van der Waals surface area (Å²) < 4.78 is 6.68. The summed E-state index contributed by atoms with van der Waals surface area (Å²) in [6, 6.07) is 19.0. The molecule has 1 aromatic heterocycles.